The van der Waals surface area contributed by atoms with Crippen molar-refractivity contribution in [1.82, 2.24) is 5.32 Å². The lowest BCUT2D eigenvalue weighted by molar-refractivity contribution is -0.123. The van der Waals surface area contributed by atoms with Crippen molar-refractivity contribution in [3.05, 3.63) is 72.9 Å². The van der Waals surface area contributed by atoms with Crippen LogP contribution in [-0.2, 0) is 4.79 Å². The van der Waals surface area contributed by atoms with E-state index in [1.165, 1.54) is 173 Å². The molecule has 0 saturated heterocycles. The van der Waals surface area contributed by atoms with E-state index in [2.05, 4.69) is 79.9 Å². The second kappa shape index (κ2) is 49.2. The number of unbranched alkanes of at least 4 members (excludes halogenated alkanes) is 28. The van der Waals surface area contributed by atoms with E-state index in [1.54, 1.807) is 6.08 Å². The number of aliphatic hydroxyl groups is 2. The van der Waals surface area contributed by atoms with Gasteiger partial charge in [0.25, 0.3) is 0 Å². The highest BCUT2D eigenvalue weighted by Gasteiger charge is 2.17. The standard InChI is InChI=1S/C54H97NO3/c1-3-5-7-9-11-13-15-17-19-20-21-22-23-24-25-26-27-28-29-30-31-32-33-34-36-38-40-42-44-46-48-50-54(58)55-52(51-56)53(57)49-47-45-43-41-39-37-35-18-16-14-12-10-8-6-4-2/h15-18,20-21,23-24,39,41,47,49,52-53,56-57H,3-14,19,22,25-38,40,42-46,48,50-51H2,1-2H3,(H,55,58)/b17-15-,18-16+,21-20-,24-23-,41-39+,49-47+. The molecule has 0 aliphatic heterocycles. The second-order valence-corrected chi connectivity index (χ2v) is 16.9. The summed E-state index contributed by atoms with van der Waals surface area (Å²) < 4.78 is 0. The number of carbonyl (C=O) groups is 1. The summed E-state index contributed by atoms with van der Waals surface area (Å²) in [6, 6.07) is -0.647. The maximum atomic E-state index is 12.4. The van der Waals surface area contributed by atoms with Crippen LogP contribution in [0.15, 0.2) is 72.9 Å². The van der Waals surface area contributed by atoms with Gasteiger partial charge in [-0.05, 0) is 83.5 Å². The third-order valence-electron chi connectivity index (χ3n) is 11.1. The van der Waals surface area contributed by atoms with Crippen molar-refractivity contribution in [1.29, 1.82) is 0 Å². The van der Waals surface area contributed by atoms with Crippen molar-refractivity contribution in [2.24, 2.45) is 0 Å². The molecule has 0 aliphatic carbocycles. The molecule has 0 aromatic heterocycles. The van der Waals surface area contributed by atoms with Crippen molar-refractivity contribution in [3.8, 4) is 0 Å². The van der Waals surface area contributed by atoms with Gasteiger partial charge in [0.15, 0.2) is 0 Å². The Morgan fingerprint density at radius 3 is 1.12 bits per heavy atom. The van der Waals surface area contributed by atoms with E-state index in [0.29, 0.717) is 6.42 Å². The maximum Gasteiger partial charge on any atom is 0.220 e. The van der Waals surface area contributed by atoms with Crippen LogP contribution in [0.5, 0.6) is 0 Å². The van der Waals surface area contributed by atoms with Crippen LogP contribution in [0.1, 0.15) is 245 Å². The molecule has 3 N–H and O–H groups in total. The molecule has 0 fully saturated rings. The monoisotopic (exact) mass is 808 g/mol. The first-order valence-corrected chi connectivity index (χ1v) is 25.2. The smallest absolute Gasteiger partial charge is 0.220 e. The predicted octanol–water partition coefficient (Wildman–Crippen LogP) is 16.2. The van der Waals surface area contributed by atoms with Crippen LogP contribution in [0.4, 0.5) is 0 Å². The van der Waals surface area contributed by atoms with Crippen LogP contribution in [0.3, 0.4) is 0 Å². The van der Waals surface area contributed by atoms with E-state index < -0.39 is 12.1 Å². The number of nitrogens with one attached hydrogen (secondary N) is 1. The Hall–Kier alpha value is -2.17. The van der Waals surface area contributed by atoms with Crippen molar-refractivity contribution < 1.29 is 15.0 Å². The van der Waals surface area contributed by atoms with E-state index in [0.717, 1.165) is 51.4 Å². The van der Waals surface area contributed by atoms with E-state index >= 15 is 0 Å². The number of allylic oxidation sites excluding steroid dienone is 11. The van der Waals surface area contributed by atoms with Crippen LogP contribution in [0.2, 0.25) is 0 Å². The number of carbonyl (C=O) groups excluding carboxylic acids is 1. The Kier molecular flexibility index (Phi) is 47.4. The fraction of sp³-hybridized carbons (Fsp3) is 0.759. The molecule has 0 aromatic rings. The van der Waals surface area contributed by atoms with Gasteiger partial charge in [-0.25, -0.2) is 0 Å². The Morgan fingerprint density at radius 1 is 0.414 bits per heavy atom. The average Bonchev–Trinajstić information content (AvgIpc) is 3.23. The molecule has 0 aliphatic rings. The van der Waals surface area contributed by atoms with Crippen molar-refractivity contribution in [2.45, 2.75) is 257 Å². The highest BCUT2D eigenvalue weighted by molar-refractivity contribution is 5.76. The molecule has 0 bridgehead atoms. The molecule has 1 amide bonds. The largest absolute Gasteiger partial charge is 0.394 e. The normalized spacial score (nSPS) is 13.5. The van der Waals surface area contributed by atoms with Crippen LogP contribution in [0, 0.1) is 0 Å². The maximum absolute atomic E-state index is 12.4. The molecule has 0 aromatic carbocycles. The lowest BCUT2D eigenvalue weighted by Crippen LogP contribution is -2.45. The van der Waals surface area contributed by atoms with E-state index in [4.69, 9.17) is 0 Å². The highest BCUT2D eigenvalue weighted by atomic mass is 16.3. The summed E-state index contributed by atoms with van der Waals surface area (Å²) in [7, 11) is 0. The zero-order valence-corrected chi connectivity index (χ0v) is 38.5. The number of rotatable bonds is 45. The van der Waals surface area contributed by atoms with Gasteiger partial charge in [-0.1, -0.05) is 228 Å². The Bertz CT molecular complexity index is 1010. The topological polar surface area (TPSA) is 69.6 Å². The van der Waals surface area contributed by atoms with E-state index in [-0.39, 0.29) is 12.5 Å². The number of hydrogen-bond donors (Lipinski definition) is 3. The van der Waals surface area contributed by atoms with E-state index in [9.17, 15) is 15.0 Å². The summed E-state index contributed by atoms with van der Waals surface area (Å²) in [5.74, 6) is -0.0793. The van der Waals surface area contributed by atoms with Gasteiger partial charge in [-0.15, -0.1) is 0 Å². The molecule has 2 unspecified atom stereocenters. The second-order valence-electron chi connectivity index (χ2n) is 16.9. The summed E-state index contributed by atoms with van der Waals surface area (Å²) in [5.41, 5.74) is 0. The molecule has 0 saturated carbocycles. The summed E-state index contributed by atoms with van der Waals surface area (Å²) in [5, 5.41) is 23.0. The third-order valence-corrected chi connectivity index (χ3v) is 11.1. The fourth-order valence-electron chi connectivity index (χ4n) is 7.28. The zero-order valence-electron chi connectivity index (χ0n) is 38.5. The van der Waals surface area contributed by atoms with Gasteiger partial charge in [-0.3, -0.25) is 4.79 Å². The van der Waals surface area contributed by atoms with Gasteiger partial charge in [0, 0.05) is 6.42 Å². The fourth-order valence-corrected chi connectivity index (χ4v) is 7.28. The summed E-state index contributed by atoms with van der Waals surface area (Å²) in [6.07, 6.45) is 70.4. The van der Waals surface area contributed by atoms with Gasteiger partial charge in [-0.2, -0.15) is 0 Å². The molecule has 4 heteroatoms. The van der Waals surface area contributed by atoms with Crippen LogP contribution >= 0.6 is 0 Å². The van der Waals surface area contributed by atoms with Gasteiger partial charge in [0.05, 0.1) is 18.8 Å². The highest BCUT2D eigenvalue weighted by Crippen LogP contribution is 2.15. The van der Waals surface area contributed by atoms with Crippen LogP contribution in [0.25, 0.3) is 0 Å². The Balaban J connectivity index is 3.54. The predicted molar refractivity (Wildman–Crippen MR) is 257 cm³/mol. The van der Waals surface area contributed by atoms with Crippen LogP contribution in [-0.4, -0.2) is 34.9 Å². The SMILES string of the molecule is CCCCCCC/C=C\C/C=C\C/C=C\CCCCCCCCCCCCCCCCCCC(=O)NC(CO)C(O)/C=C/CC/C=C/CC/C=C/CCCCCCC. The molecule has 0 heterocycles. The molecule has 0 spiro atoms. The Labute approximate surface area is 361 Å². The third kappa shape index (κ3) is 44.9. The zero-order chi connectivity index (χ0) is 42.1. The molecular weight excluding hydrogens is 711 g/mol. The first-order valence-electron chi connectivity index (χ1n) is 25.2. The molecule has 58 heavy (non-hydrogen) atoms. The van der Waals surface area contributed by atoms with Gasteiger partial charge >= 0.3 is 0 Å². The van der Waals surface area contributed by atoms with Gasteiger partial charge in [0.2, 0.25) is 5.91 Å². The number of aliphatic hydroxyl groups excluding tert-OH is 2. The lowest BCUT2D eigenvalue weighted by atomic mass is 10.0. The average molecular weight is 808 g/mol. The minimum atomic E-state index is -0.872. The first kappa shape index (κ1) is 55.8. The molecule has 0 radical (unpaired) electrons. The van der Waals surface area contributed by atoms with Gasteiger partial charge < -0.3 is 15.5 Å². The minimum absolute atomic E-state index is 0.0793. The molecule has 2 atom stereocenters. The molecule has 0 rings (SSSR count). The number of hydrogen-bond acceptors (Lipinski definition) is 3. The minimum Gasteiger partial charge on any atom is -0.394 e. The summed E-state index contributed by atoms with van der Waals surface area (Å²) in [6.45, 7) is 4.27. The quantitative estimate of drug-likeness (QED) is 0.0424. The van der Waals surface area contributed by atoms with Crippen molar-refractivity contribution in [2.75, 3.05) is 6.61 Å². The van der Waals surface area contributed by atoms with Crippen molar-refractivity contribution >= 4 is 5.91 Å². The Morgan fingerprint density at radius 2 is 0.724 bits per heavy atom. The molecular formula is C54H97NO3. The first-order chi connectivity index (χ1) is 28.7. The van der Waals surface area contributed by atoms with Crippen molar-refractivity contribution in [3.63, 3.8) is 0 Å². The molecule has 4 nitrogen and oxygen atoms in total. The van der Waals surface area contributed by atoms with Crippen LogP contribution < -0.4 is 5.32 Å². The summed E-state index contributed by atoms with van der Waals surface area (Å²) in [4.78, 5) is 12.4. The van der Waals surface area contributed by atoms with Gasteiger partial charge in [0.1, 0.15) is 0 Å². The number of amides is 1. The summed E-state index contributed by atoms with van der Waals surface area (Å²) >= 11 is 0. The van der Waals surface area contributed by atoms with E-state index in [1.807, 2.05) is 6.08 Å². The molecule has 336 valence electrons. The lowest BCUT2D eigenvalue weighted by Gasteiger charge is -2.19.